The van der Waals surface area contributed by atoms with Gasteiger partial charge in [-0.25, -0.2) is 0 Å². The zero-order chi connectivity index (χ0) is 12.6. The van der Waals surface area contributed by atoms with E-state index in [1.807, 2.05) is 0 Å². The summed E-state index contributed by atoms with van der Waals surface area (Å²) in [5.74, 6) is 0. The van der Waals surface area contributed by atoms with Gasteiger partial charge in [-0.05, 0) is 59.0 Å². The zero-order valence-electron chi connectivity index (χ0n) is 9.43. The van der Waals surface area contributed by atoms with Crippen molar-refractivity contribution in [1.82, 2.24) is 0 Å². The summed E-state index contributed by atoms with van der Waals surface area (Å²) in [5, 5.41) is 4.38. The van der Waals surface area contributed by atoms with Crippen LogP contribution in [0.2, 0.25) is 0 Å². The fraction of sp³-hybridized carbons (Fsp3) is 0.231. The largest absolute Gasteiger partial charge is 0.152 e. The molecule has 0 amide bonds. The van der Waals surface area contributed by atoms with Gasteiger partial charge in [0.1, 0.15) is 0 Å². The normalized spacial score (nSPS) is 12.8. The molecule has 0 radical (unpaired) electrons. The molecular weight excluding hydrogens is 428 g/mol. The molecule has 90 valence electrons. The van der Waals surface area contributed by atoms with Gasteiger partial charge in [0, 0.05) is 8.95 Å². The second-order valence-corrected chi connectivity index (χ2v) is 7.36. The molecule has 0 spiro atoms. The number of hydrogen-bond donors (Lipinski definition) is 0. The minimum absolute atomic E-state index is 0.236. The van der Waals surface area contributed by atoms with Gasteiger partial charge in [0.25, 0.3) is 0 Å². The Morgan fingerprint density at radius 1 is 0.941 bits per heavy atom. The Balaban J connectivity index is 2.48. The third-order valence-corrected chi connectivity index (χ3v) is 6.13. The molecule has 0 bridgehead atoms. The van der Waals surface area contributed by atoms with Crippen LogP contribution >= 0.6 is 59.1 Å². The molecule has 0 aliphatic carbocycles. The van der Waals surface area contributed by atoms with E-state index in [2.05, 4.69) is 84.5 Å². The van der Waals surface area contributed by atoms with Gasteiger partial charge in [0.05, 0.1) is 4.83 Å². The Hall–Kier alpha value is 0.360. The number of halogens is 3. The summed E-state index contributed by atoms with van der Waals surface area (Å²) in [4.78, 5) is 0.236. The highest BCUT2D eigenvalue weighted by Crippen LogP contribution is 2.40. The molecule has 0 fully saturated rings. The molecule has 1 heterocycles. The molecule has 0 aliphatic heterocycles. The van der Waals surface area contributed by atoms with Crippen molar-refractivity contribution in [2.45, 2.75) is 18.7 Å². The molecule has 4 heteroatoms. The van der Waals surface area contributed by atoms with E-state index in [4.69, 9.17) is 0 Å². The topological polar surface area (TPSA) is 0 Å². The molecule has 1 atom stereocenters. The van der Waals surface area contributed by atoms with Crippen molar-refractivity contribution in [3.05, 3.63) is 54.1 Å². The van der Waals surface area contributed by atoms with Gasteiger partial charge in [0.2, 0.25) is 0 Å². The first kappa shape index (κ1) is 13.8. The summed E-state index contributed by atoms with van der Waals surface area (Å²) in [6.45, 7) is 4.24. The maximum Gasteiger partial charge on any atom is 0.0666 e. The highest BCUT2D eigenvalue weighted by Gasteiger charge is 2.17. The first-order valence-electron chi connectivity index (χ1n) is 5.13. The van der Waals surface area contributed by atoms with Gasteiger partial charge in [-0.1, -0.05) is 47.8 Å². The second kappa shape index (κ2) is 5.55. The highest BCUT2D eigenvalue weighted by molar-refractivity contribution is 9.11. The summed E-state index contributed by atoms with van der Waals surface area (Å²) in [5.41, 5.74) is 5.17. The molecule has 0 saturated carbocycles. The lowest BCUT2D eigenvalue weighted by atomic mass is 10.0. The van der Waals surface area contributed by atoms with Gasteiger partial charge >= 0.3 is 0 Å². The third kappa shape index (κ3) is 2.86. The zero-order valence-corrected chi connectivity index (χ0v) is 15.0. The summed E-state index contributed by atoms with van der Waals surface area (Å²) in [7, 11) is 0. The quantitative estimate of drug-likeness (QED) is 0.477. The van der Waals surface area contributed by atoms with Crippen molar-refractivity contribution in [2.24, 2.45) is 0 Å². The van der Waals surface area contributed by atoms with Crippen molar-refractivity contribution < 1.29 is 0 Å². The van der Waals surface area contributed by atoms with Crippen LogP contribution < -0.4 is 0 Å². The Labute approximate surface area is 131 Å². The van der Waals surface area contributed by atoms with Crippen molar-refractivity contribution in [1.29, 1.82) is 0 Å². The number of hydrogen-bond acceptors (Lipinski definition) is 1. The number of thiophene rings is 1. The smallest absolute Gasteiger partial charge is 0.0666 e. The molecule has 0 nitrogen and oxygen atoms in total. The van der Waals surface area contributed by atoms with Gasteiger partial charge in [-0.3, -0.25) is 0 Å². The van der Waals surface area contributed by atoms with Crippen molar-refractivity contribution in [2.75, 3.05) is 0 Å². The maximum absolute atomic E-state index is 3.79. The van der Waals surface area contributed by atoms with E-state index >= 15 is 0 Å². The molecule has 0 saturated heterocycles. The van der Waals surface area contributed by atoms with E-state index in [9.17, 15) is 0 Å². The van der Waals surface area contributed by atoms with Crippen LogP contribution in [0.15, 0.2) is 31.8 Å². The molecule has 2 aromatic rings. The number of rotatable bonds is 2. The van der Waals surface area contributed by atoms with Crippen molar-refractivity contribution >= 4 is 59.1 Å². The van der Waals surface area contributed by atoms with Crippen LogP contribution in [0.3, 0.4) is 0 Å². The van der Waals surface area contributed by atoms with E-state index in [-0.39, 0.29) is 4.83 Å². The Bertz CT molecular complexity index is 546. The fourth-order valence-electron chi connectivity index (χ4n) is 1.65. The average molecular weight is 439 g/mol. The van der Waals surface area contributed by atoms with E-state index < -0.39 is 0 Å². The SMILES string of the molecule is Cc1cc(Br)c(C(Br)c2cscc2C)cc1Br. The van der Waals surface area contributed by atoms with Crippen molar-refractivity contribution in [3.8, 4) is 0 Å². The number of aryl methyl sites for hydroxylation is 2. The van der Waals surface area contributed by atoms with Crippen LogP contribution in [0.25, 0.3) is 0 Å². The average Bonchev–Trinajstić information content (AvgIpc) is 2.69. The Morgan fingerprint density at radius 3 is 2.24 bits per heavy atom. The number of benzene rings is 1. The summed E-state index contributed by atoms with van der Waals surface area (Å²) >= 11 is 12.8. The van der Waals surface area contributed by atoms with Crippen LogP contribution in [-0.4, -0.2) is 0 Å². The fourth-order valence-corrected chi connectivity index (χ4v) is 4.93. The van der Waals surface area contributed by atoms with Gasteiger partial charge in [-0.15, -0.1) is 0 Å². The van der Waals surface area contributed by atoms with Crippen LogP contribution in [0, 0.1) is 13.8 Å². The molecule has 2 rings (SSSR count). The predicted octanol–water partition coefficient (Wildman–Crippen LogP) is 6.37. The molecular formula is C13H11Br3S. The van der Waals surface area contributed by atoms with E-state index in [0.29, 0.717) is 0 Å². The third-order valence-electron chi connectivity index (χ3n) is 2.72. The minimum Gasteiger partial charge on any atom is -0.152 e. The molecule has 0 N–H and O–H groups in total. The summed E-state index contributed by atoms with van der Waals surface area (Å²) in [6, 6.07) is 4.32. The van der Waals surface area contributed by atoms with Gasteiger partial charge < -0.3 is 0 Å². The highest BCUT2D eigenvalue weighted by atomic mass is 79.9. The van der Waals surface area contributed by atoms with E-state index in [1.54, 1.807) is 11.3 Å². The van der Waals surface area contributed by atoms with Gasteiger partial charge in [-0.2, -0.15) is 11.3 Å². The van der Waals surface area contributed by atoms with Crippen LogP contribution in [-0.2, 0) is 0 Å². The van der Waals surface area contributed by atoms with Crippen LogP contribution in [0.5, 0.6) is 0 Å². The first-order valence-corrected chi connectivity index (χ1v) is 8.57. The number of alkyl halides is 1. The Kier molecular flexibility index (Phi) is 4.50. The van der Waals surface area contributed by atoms with E-state index in [1.165, 1.54) is 22.3 Å². The molecule has 1 aromatic carbocycles. The van der Waals surface area contributed by atoms with Crippen LogP contribution in [0.1, 0.15) is 27.1 Å². The predicted molar refractivity (Wildman–Crippen MR) is 86.4 cm³/mol. The molecule has 1 unspecified atom stereocenters. The van der Waals surface area contributed by atoms with Crippen LogP contribution in [0.4, 0.5) is 0 Å². The lowest BCUT2D eigenvalue weighted by Gasteiger charge is -2.14. The molecule has 1 aromatic heterocycles. The summed E-state index contributed by atoms with van der Waals surface area (Å²) in [6.07, 6.45) is 0. The standard InChI is InChI=1S/C13H11Br3S/c1-7-3-12(15)9(4-11(7)14)13(16)10-6-17-5-8(10)2/h3-6,13H,1-2H3. The maximum atomic E-state index is 3.79. The van der Waals surface area contributed by atoms with Crippen molar-refractivity contribution in [3.63, 3.8) is 0 Å². The molecule has 17 heavy (non-hydrogen) atoms. The minimum atomic E-state index is 0.236. The Morgan fingerprint density at radius 2 is 1.65 bits per heavy atom. The lowest BCUT2D eigenvalue weighted by Crippen LogP contribution is -1.95. The second-order valence-electron chi connectivity index (χ2n) is 4.00. The first-order chi connectivity index (χ1) is 8.00. The van der Waals surface area contributed by atoms with E-state index in [0.717, 1.165) is 8.95 Å². The summed E-state index contributed by atoms with van der Waals surface area (Å²) < 4.78 is 2.29. The lowest BCUT2D eigenvalue weighted by molar-refractivity contribution is 1.14. The monoisotopic (exact) mass is 436 g/mol. The molecule has 0 aliphatic rings. The van der Waals surface area contributed by atoms with Gasteiger partial charge in [0.15, 0.2) is 0 Å².